The number of carboxylic acid groups (broad SMARTS) is 1. The largest absolute Gasteiger partial charge is 0.478 e. The summed E-state index contributed by atoms with van der Waals surface area (Å²) in [6, 6.07) is 6.03. The fraction of sp³-hybridized carbons (Fsp3) is 0.417. The Balaban J connectivity index is 3.28. The van der Waals surface area contributed by atoms with Crippen LogP contribution >= 0.6 is 0 Å². The molecule has 0 saturated heterocycles. The van der Waals surface area contributed by atoms with Gasteiger partial charge in [0.25, 0.3) is 0 Å². The number of carbonyl (C=O) groups is 1. The number of anilines is 1. The van der Waals surface area contributed by atoms with Crippen molar-refractivity contribution in [1.29, 1.82) is 0 Å². The average molecular weight is 286 g/mol. The van der Waals surface area contributed by atoms with Gasteiger partial charge in [-0.1, -0.05) is 26.0 Å². The summed E-state index contributed by atoms with van der Waals surface area (Å²) in [6.45, 7) is 4.13. The monoisotopic (exact) mass is 286 g/mol. The third-order valence-electron chi connectivity index (χ3n) is 2.85. The van der Waals surface area contributed by atoms with Gasteiger partial charge in [-0.25, -0.2) is 4.79 Å². The van der Waals surface area contributed by atoms with Crippen molar-refractivity contribution in [2.45, 2.75) is 13.8 Å². The van der Waals surface area contributed by atoms with Gasteiger partial charge in [-0.05, 0) is 12.1 Å². The minimum Gasteiger partial charge on any atom is -0.478 e. The second-order valence-electron chi connectivity index (χ2n) is 3.88. The number of hydrogen-bond acceptors (Lipinski definition) is 3. The average Bonchev–Trinajstić information content (AvgIpc) is 2.38. The first kappa shape index (κ1) is 15.5. The Morgan fingerprint density at radius 2 is 1.74 bits per heavy atom. The molecule has 0 heterocycles. The van der Waals surface area contributed by atoms with E-state index >= 15 is 0 Å². The first-order chi connectivity index (χ1) is 8.86. The molecule has 0 unspecified atom stereocenters. The Bertz CT molecular complexity index is 553. The van der Waals surface area contributed by atoms with Gasteiger partial charge < -0.3 is 5.11 Å². The van der Waals surface area contributed by atoms with E-state index in [1.807, 2.05) is 0 Å². The Kier molecular flexibility index (Phi) is 4.90. The fourth-order valence-electron chi connectivity index (χ4n) is 1.78. The topological polar surface area (TPSA) is 77.9 Å². The molecule has 0 radical (unpaired) electrons. The number of hydrogen-bond donors (Lipinski definition) is 1. The molecule has 0 aliphatic heterocycles. The van der Waals surface area contributed by atoms with Crippen LogP contribution in [0.15, 0.2) is 24.3 Å². The molecule has 0 aromatic heterocycles. The van der Waals surface area contributed by atoms with Gasteiger partial charge in [-0.2, -0.15) is 12.7 Å². The van der Waals surface area contributed by atoms with Crippen molar-refractivity contribution in [2.24, 2.45) is 0 Å². The second-order valence-corrected chi connectivity index (χ2v) is 5.84. The quantitative estimate of drug-likeness (QED) is 0.857. The predicted molar refractivity (Wildman–Crippen MR) is 73.6 cm³/mol. The third kappa shape index (κ3) is 3.05. The number of para-hydroxylation sites is 1. The Morgan fingerprint density at radius 3 is 2.21 bits per heavy atom. The first-order valence-corrected chi connectivity index (χ1v) is 7.32. The molecular formula is C12H18N2O4S. The van der Waals surface area contributed by atoms with Crippen molar-refractivity contribution in [2.75, 3.05) is 24.4 Å². The summed E-state index contributed by atoms with van der Waals surface area (Å²) in [5, 5.41) is 9.10. The number of rotatable bonds is 6. The maximum absolute atomic E-state index is 12.3. The highest BCUT2D eigenvalue weighted by atomic mass is 32.2. The highest BCUT2D eigenvalue weighted by Gasteiger charge is 2.27. The molecule has 0 bridgehead atoms. The zero-order chi connectivity index (χ0) is 14.6. The minimum absolute atomic E-state index is 0.0410. The van der Waals surface area contributed by atoms with Crippen LogP contribution in [0.1, 0.15) is 24.2 Å². The molecule has 106 valence electrons. The lowest BCUT2D eigenvalue weighted by Crippen LogP contribution is -2.42. The van der Waals surface area contributed by atoms with Crippen LogP contribution in [0, 0.1) is 0 Å². The van der Waals surface area contributed by atoms with E-state index in [2.05, 4.69) is 0 Å². The van der Waals surface area contributed by atoms with Gasteiger partial charge in [0.05, 0.1) is 11.3 Å². The molecule has 0 atom stereocenters. The molecule has 0 amide bonds. The van der Waals surface area contributed by atoms with Crippen LogP contribution in [-0.2, 0) is 10.2 Å². The SMILES string of the molecule is CCN(CC)S(=O)(=O)N(C)c1ccccc1C(=O)O. The van der Waals surface area contributed by atoms with Crippen LogP contribution in [0.2, 0.25) is 0 Å². The van der Waals surface area contributed by atoms with E-state index in [1.165, 1.54) is 23.5 Å². The van der Waals surface area contributed by atoms with Gasteiger partial charge in [0.2, 0.25) is 0 Å². The highest BCUT2D eigenvalue weighted by molar-refractivity contribution is 7.90. The molecule has 7 heteroatoms. The molecule has 1 N–H and O–H groups in total. The number of carboxylic acids is 1. The number of nitrogens with zero attached hydrogens (tertiary/aromatic N) is 2. The molecule has 0 aliphatic carbocycles. The van der Waals surface area contributed by atoms with Crippen LogP contribution in [-0.4, -0.2) is 43.9 Å². The summed E-state index contributed by atoms with van der Waals surface area (Å²) in [6.07, 6.45) is 0. The zero-order valence-corrected chi connectivity index (χ0v) is 12.0. The summed E-state index contributed by atoms with van der Waals surface area (Å²) < 4.78 is 26.9. The lowest BCUT2D eigenvalue weighted by molar-refractivity contribution is 0.0698. The van der Waals surface area contributed by atoms with Crippen molar-refractivity contribution < 1.29 is 18.3 Å². The van der Waals surface area contributed by atoms with Crippen molar-refractivity contribution >= 4 is 21.9 Å². The first-order valence-electron chi connectivity index (χ1n) is 5.92. The lowest BCUT2D eigenvalue weighted by Gasteiger charge is -2.27. The summed E-state index contributed by atoms with van der Waals surface area (Å²) in [5.41, 5.74) is 0.114. The molecular weight excluding hydrogens is 268 g/mol. The molecule has 0 fully saturated rings. The van der Waals surface area contributed by atoms with Crippen LogP contribution in [0.25, 0.3) is 0 Å². The van der Waals surface area contributed by atoms with E-state index in [1.54, 1.807) is 26.0 Å². The standard InChI is InChI=1S/C12H18N2O4S/c1-4-14(5-2)19(17,18)13(3)11-9-7-6-8-10(11)12(15)16/h6-9H,4-5H2,1-3H3,(H,15,16). The molecule has 6 nitrogen and oxygen atoms in total. The van der Waals surface area contributed by atoms with Gasteiger partial charge in [-0.15, -0.1) is 0 Å². The fourth-order valence-corrected chi connectivity index (χ4v) is 3.18. The summed E-state index contributed by atoms with van der Waals surface area (Å²) in [7, 11) is -2.35. The normalized spacial score (nSPS) is 11.6. The van der Waals surface area contributed by atoms with Crippen LogP contribution in [0.5, 0.6) is 0 Å². The van der Waals surface area contributed by atoms with Crippen molar-refractivity contribution in [3.63, 3.8) is 0 Å². The van der Waals surface area contributed by atoms with E-state index in [0.717, 1.165) is 4.31 Å². The summed E-state index contributed by atoms with van der Waals surface area (Å²) in [4.78, 5) is 11.1. The lowest BCUT2D eigenvalue weighted by atomic mass is 10.2. The zero-order valence-electron chi connectivity index (χ0n) is 11.2. The van der Waals surface area contributed by atoms with E-state index in [-0.39, 0.29) is 11.3 Å². The molecule has 0 aliphatic rings. The van der Waals surface area contributed by atoms with E-state index in [4.69, 9.17) is 5.11 Å². The van der Waals surface area contributed by atoms with Gasteiger partial charge in [-0.3, -0.25) is 4.31 Å². The molecule has 1 rings (SSSR count). The predicted octanol–water partition coefficient (Wildman–Crippen LogP) is 1.41. The Morgan fingerprint density at radius 1 is 1.21 bits per heavy atom. The van der Waals surface area contributed by atoms with Crippen LogP contribution in [0.3, 0.4) is 0 Å². The summed E-state index contributed by atoms with van der Waals surface area (Å²) in [5.74, 6) is -1.16. The molecule has 1 aromatic rings. The van der Waals surface area contributed by atoms with Crippen molar-refractivity contribution in [3.05, 3.63) is 29.8 Å². The van der Waals surface area contributed by atoms with Crippen molar-refractivity contribution in [3.8, 4) is 0 Å². The number of benzene rings is 1. The van der Waals surface area contributed by atoms with E-state index < -0.39 is 16.2 Å². The Labute approximate surface area is 113 Å². The van der Waals surface area contributed by atoms with Crippen LogP contribution < -0.4 is 4.31 Å². The second kappa shape index (κ2) is 6.03. The maximum atomic E-state index is 12.3. The van der Waals surface area contributed by atoms with Crippen molar-refractivity contribution in [1.82, 2.24) is 4.31 Å². The van der Waals surface area contributed by atoms with E-state index in [9.17, 15) is 13.2 Å². The van der Waals surface area contributed by atoms with Gasteiger partial charge in [0.15, 0.2) is 0 Å². The minimum atomic E-state index is -3.71. The Hall–Kier alpha value is -1.60. The molecule has 19 heavy (non-hydrogen) atoms. The molecule has 0 saturated carbocycles. The number of aromatic carboxylic acids is 1. The highest BCUT2D eigenvalue weighted by Crippen LogP contribution is 2.23. The maximum Gasteiger partial charge on any atom is 0.337 e. The van der Waals surface area contributed by atoms with E-state index in [0.29, 0.717) is 13.1 Å². The third-order valence-corrected chi connectivity index (χ3v) is 4.91. The van der Waals surface area contributed by atoms with Gasteiger partial charge in [0, 0.05) is 20.1 Å². The van der Waals surface area contributed by atoms with Gasteiger partial charge in [0.1, 0.15) is 0 Å². The molecule has 1 aromatic carbocycles. The molecule has 0 spiro atoms. The van der Waals surface area contributed by atoms with Gasteiger partial charge >= 0.3 is 16.2 Å². The summed E-state index contributed by atoms with van der Waals surface area (Å²) >= 11 is 0. The smallest absolute Gasteiger partial charge is 0.337 e. The van der Waals surface area contributed by atoms with Crippen LogP contribution in [0.4, 0.5) is 5.69 Å².